The van der Waals surface area contributed by atoms with Crippen LogP contribution in [0.1, 0.15) is 32.0 Å². The van der Waals surface area contributed by atoms with Crippen LogP contribution in [0.2, 0.25) is 0 Å². The lowest BCUT2D eigenvalue weighted by molar-refractivity contribution is -0.124. The Morgan fingerprint density at radius 1 is 1.18 bits per heavy atom. The van der Waals surface area contributed by atoms with Crippen LogP contribution in [0.3, 0.4) is 0 Å². The van der Waals surface area contributed by atoms with Gasteiger partial charge in [0, 0.05) is 22.9 Å². The minimum Gasteiger partial charge on any atom is -0.484 e. The molecule has 0 radical (unpaired) electrons. The van der Waals surface area contributed by atoms with Gasteiger partial charge < -0.3 is 15.4 Å². The number of carbonyl (C=O) groups is 1. The number of aliphatic imine (C=N–C) groups is 1. The van der Waals surface area contributed by atoms with E-state index in [9.17, 15) is 4.79 Å². The highest BCUT2D eigenvalue weighted by molar-refractivity contribution is 7.17. The molecule has 1 aromatic carbocycles. The van der Waals surface area contributed by atoms with Gasteiger partial charge in [0.15, 0.2) is 18.2 Å². The van der Waals surface area contributed by atoms with E-state index in [1.54, 1.807) is 17.5 Å². The first-order valence-corrected chi connectivity index (χ1v) is 11.8. The predicted molar refractivity (Wildman–Crippen MR) is 135 cm³/mol. The standard InChI is InChI=1S/C25H24N6O2S/c1-25(2,3)31-21(32)14-33-18-6-4-5-15(10-18)23-29-19-7-8-34-22(19)24(30-23)28-17-9-16-11-26-13-20(16)27-12-17/h4-12H,13-14H2,1-3H3,(H,31,32)(H,28,29,30). The molecular weight excluding hydrogens is 448 g/mol. The topological polar surface area (TPSA) is 101 Å². The Balaban J connectivity index is 1.41. The van der Waals surface area contributed by atoms with Gasteiger partial charge >= 0.3 is 0 Å². The summed E-state index contributed by atoms with van der Waals surface area (Å²) in [5.41, 5.74) is 4.17. The number of carbonyl (C=O) groups excluding carboxylic acids is 1. The molecule has 0 saturated heterocycles. The van der Waals surface area contributed by atoms with E-state index >= 15 is 0 Å². The summed E-state index contributed by atoms with van der Waals surface area (Å²) in [6.45, 7) is 6.36. The van der Waals surface area contributed by atoms with E-state index in [1.807, 2.05) is 68.8 Å². The van der Waals surface area contributed by atoms with Crippen molar-refractivity contribution in [3.63, 3.8) is 0 Å². The van der Waals surface area contributed by atoms with Gasteiger partial charge in [0.1, 0.15) is 5.75 Å². The molecule has 1 aliphatic rings. The lowest BCUT2D eigenvalue weighted by Gasteiger charge is -2.20. The van der Waals surface area contributed by atoms with Gasteiger partial charge in [-0.05, 0) is 50.4 Å². The number of nitrogens with one attached hydrogen (secondary N) is 2. The van der Waals surface area contributed by atoms with Crippen LogP contribution in [0.5, 0.6) is 5.75 Å². The molecular formula is C25H24N6O2S. The molecule has 5 rings (SSSR count). The second kappa shape index (κ2) is 8.83. The van der Waals surface area contributed by atoms with Crippen LogP contribution in [-0.4, -0.2) is 39.2 Å². The normalized spacial score (nSPS) is 12.6. The molecule has 0 saturated carbocycles. The zero-order valence-electron chi connectivity index (χ0n) is 19.1. The van der Waals surface area contributed by atoms with Crippen molar-refractivity contribution in [2.45, 2.75) is 32.9 Å². The highest BCUT2D eigenvalue weighted by Crippen LogP contribution is 2.32. The Bertz CT molecular complexity index is 1410. The van der Waals surface area contributed by atoms with Crippen molar-refractivity contribution >= 4 is 45.2 Å². The van der Waals surface area contributed by atoms with Gasteiger partial charge in [-0.3, -0.25) is 14.8 Å². The van der Waals surface area contributed by atoms with Crippen molar-refractivity contribution in [1.82, 2.24) is 20.3 Å². The molecule has 0 fully saturated rings. The number of thiophene rings is 1. The van der Waals surface area contributed by atoms with Crippen LogP contribution in [-0.2, 0) is 11.3 Å². The molecule has 0 spiro atoms. The van der Waals surface area contributed by atoms with Gasteiger partial charge in [0.2, 0.25) is 0 Å². The summed E-state index contributed by atoms with van der Waals surface area (Å²) < 4.78 is 6.68. The van der Waals surface area contributed by atoms with E-state index in [-0.39, 0.29) is 18.1 Å². The molecule has 2 N–H and O–H groups in total. The Kier molecular flexibility index (Phi) is 5.70. The molecule has 0 aliphatic carbocycles. The van der Waals surface area contributed by atoms with Crippen LogP contribution >= 0.6 is 11.3 Å². The first-order chi connectivity index (χ1) is 16.3. The average molecular weight is 473 g/mol. The van der Waals surface area contributed by atoms with E-state index in [4.69, 9.17) is 14.7 Å². The molecule has 3 aromatic heterocycles. The lowest BCUT2D eigenvalue weighted by Crippen LogP contribution is -2.43. The predicted octanol–water partition coefficient (Wildman–Crippen LogP) is 4.72. The van der Waals surface area contributed by atoms with E-state index in [2.05, 4.69) is 20.6 Å². The summed E-state index contributed by atoms with van der Waals surface area (Å²) in [4.78, 5) is 30.4. The Morgan fingerprint density at radius 2 is 2.06 bits per heavy atom. The number of amides is 1. The smallest absolute Gasteiger partial charge is 0.258 e. The first-order valence-electron chi connectivity index (χ1n) is 10.9. The van der Waals surface area contributed by atoms with E-state index in [1.165, 1.54) is 0 Å². The highest BCUT2D eigenvalue weighted by Gasteiger charge is 2.16. The molecule has 172 valence electrons. The fourth-order valence-electron chi connectivity index (χ4n) is 3.60. The fourth-order valence-corrected chi connectivity index (χ4v) is 4.37. The van der Waals surface area contributed by atoms with E-state index in [0.29, 0.717) is 23.9 Å². The number of benzene rings is 1. The van der Waals surface area contributed by atoms with Gasteiger partial charge in [0.05, 0.1) is 34.3 Å². The molecule has 0 bridgehead atoms. The second-order valence-corrected chi connectivity index (χ2v) is 9.92. The van der Waals surface area contributed by atoms with Gasteiger partial charge in [-0.15, -0.1) is 11.3 Å². The van der Waals surface area contributed by atoms with E-state index in [0.717, 1.165) is 32.7 Å². The van der Waals surface area contributed by atoms with Gasteiger partial charge in [-0.25, -0.2) is 9.97 Å². The monoisotopic (exact) mass is 472 g/mol. The summed E-state index contributed by atoms with van der Waals surface area (Å²) in [6, 6.07) is 11.4. The number of nitrogens with zero attached hydrogens (tertiary/aromatic N) is 4. The maximum absolute atomic E-state index is 12.1. The number of ether oxygens (including phenoxy) is 1. The zero-order valence-corrected chi connectivity index (χ0v) is 19.9. The van der Waals surface area contributed by atoms with Crippen LogP contribution in [0.4, 0.5) is 11.5 Å². The molecule has 4 aromatic rings. The summed E-state index contributed by atoms with van der Waals surface area (Å²) in [5, 5.41) is 8.29. The molecule has 9 heteroatoms. The summed E-state index contributed by atoms with van der Waals surface area (Å²) in [7, 11) is 0. The van der Waals surface area contributed by atoms with Crippen molar-refractivity contribution in [1.29, 1.82) is 0 Å². The van der Waals surface area contributed by atoms with Crippen molar-refractivity contribution < 1.29 is 9.53 Å². The molecule has 4 heterocycles. The van der Waals surface area contributed by atoms with Crippen LogP contribution in [0.25, 0.3) is 21.6 Å². The van der Waals surface area contributed by atoms with Crippen molar-refractivity contribution in [2.24, 2.45) is 4.99 Å². The van der Waals surface area contributed by atoms with Crippen molar-refractivity contribution in [3.8, 4) is 17.1 Å². The quantitative estimate of drug-likeness (QED) is 0.421. The Morgan fingerprint density at radius 3 is 2.91 bits per heavy atom. The average Bonchev–Trinajstić information content (AvgIpc) is 3.46. The van der Waals surface area contributed by atoms with Crippen LogP contribution in [0.15, 0.2) is 53.0 Å². The number of anilines is 2. The number of hydrogen-bond donors (Lipinski definition) is 2. The maximum Gasteiger partial charge on any atom is 0.258 e. The number of aromatic nitrogens is 3. The van der Waals surface area contributed by atoms with Crippen LogP contribution < -0.4 is 15.4 Å². The van der Waals surface area contributed by atoms with Gasteiger partial charge in [0.25, 0.3) is 5.91 Å². The van der Waals surface area contributed by atoms with Crippen molar-refractivity contribution in [2.75, 3.05) is 11.9 Å². The number of rotatable bonds is 6. The van der Waals surface area contributed by atoms with Gasteiger partial charge in [-0.2, -0.15) is 0 Å². The Labute approximate surface area is 201 Å². The number of hydrogen-bond acceptors (Lipinski definition) is 8. The minimum atomic E-state index is -0.309. The third-order valence-corrected chi connectivity index (χ3v) is 5.93. The van der Waals surface area contributed by atoms with Gasteiger partial charge in [-0.1, -0.05) is 12.1 Å². The van der Waals surface area contributed by atoms with Crippen LogP contribution in [0, 0.1) is 0 Å². The molecule has 8 nitrogen and oxygen atoms in total. The minimum absolute atomic E-state index is 0.0629. The van der Waals surface area contributed by atoms with E-state index < -0.39 is 0 Å². The molecule has 0 atom stereocenters. The zero-order chi connectivity index (χ0) is 23.7. The summed E-state index contributed by atoms with van der Waals surface area (Å²) >= 11 is 1.58. The highest BCUT2D eigenvalue weighted by atomic mass is 32.1. The largest absolute Gasteiger partial charge is 0.484 e. The Hall–Kier alpha value is -3.85. The number of fused-ring (bicyclic) bond motifs is 2. The van der Waals surface area contributed by atoms with Crippen molar-refractivity contribution in [3.05, 3.63) is 59.2 Å². The second-order valence-electron chi connectivity index (χ2n) is 9.00. The lowest BCUT2D eigenvalue weighted by atomic mass is 10.1. The summed E-state index contributed by atoms with van der Waals surface area (Å²) in [6.07, 6.45) is 3.64. The molecule has 1 aliphatic heterocycles. The first kappa shape index (κ1) is 22.0. The number of pyridine rings is 1. The fraction of sp³-hybridized carbons (Fsp3) is 0.240. The third kappa shape index (κ3) is 4.89. The SMILES string of the molecule is CC(C)(C)NC(=O)COc1cccc(-c2nc(Nc3cnc4c(c3)C=NC4)c3sccc3n2)c1. The molecule has 34 heavy (non-hydrogen) atoms. The third-order valence-electron chi connectivity index (χ3n) is 5.02. The maximum atomic E-state index is 12.1. The molecule has 1 amide bonds. The molecule has 0 unspecified atom stereocenters. The summed E-state index contributed by atoms with van der Waals surface area (Å²) in [5.74, 6) is 1.68.